The fourth-order valence-corrected chi connectivity index (χ4v) is 2.62. The van der Waals surface area contributed by atoms with Gasteiger partial charge in [0.15, 0.2) is 0 Å². The summed E-state index contributed by atoms with van der Waals surface area (Å²) in [6, 6.07) is 7.96. The van der Waals surface area contributed by atoms with Crippen molar-refractivity contribution in [3.63, 3.8) is 0 Å². The molecule has 1 atom stereocenters. The zero-order valence-electron chi connectivity index (χ0n) is 12.6. The van der Waals surface area contributed by atoms with Crippen LogP contribution in [-0.2, 0) is 4.79 Å². The number of aliphatic carboxylic acids is 1. The second-order valence-corrected chi connectivity index (χ2v) is 5.21. The van der Waals surface area contributed by atoms with Crippen molar-refractivity contribution in [3.8, 4) is 11.1 Å². The van der Waals surface area contributed by atoms with Crippen molar-refractivity contribution in [2.24, 2.45) is 0 Å². The van der Waals surface area contributed by atoms with Crippen LogP contribution in [0.4, 0.5) is 0 Å². The maximum Gasteiger partial charge on any atom is 0.305 e. The molecule has 0 aliphatic heterocycles. The molecule has 0 radical (unpaired) electrons. The number of carboxylic acids is 1. The summed E-state index contributed by atoms with van der Waals surface area (Å²) in [4.78, 5) is 15.2. The summed E-state index contributed by atoms with van der Waals surface area (Å²) in [7, 11) is 1.76. The Hall–Kier alpha value is -2.20. The minimum absolute atomic E-state index is 0.0361. The Balaban J connectivity index is 2.44. The molecular weight excluding hydrogens is 264 g/mol. The highest BCUT2D eigenvalue weighted by molar-refractivity contribution is 5.71. The number of nitrogens with one attached hydrogen (secondary N) is 1. The third-order valence-electron chi connectivity index (χ3n) is 3.66. The van der Waals surface area contributed by atoms with Gasteiger partial charge in [0.1, 0.15) is 0 Å². The van der Waals surface area contributed by atoms with Crippen molar-refractivity contribution in [1.29, 1.82) is 0 Å². The van der Waals surface area contributed by atoms with Crippen molar-refractivity contribution >= 4 is 5.97 Å². The van der Waals surface area contributed by atoms with E-state index in [1.54, 1.807) is 13.2 Å². The molecule has 0 amide bonds. The highest BCUT2D eigenvalue weighted by atomic mass is 16.4. The number of hydrogen-bond acceptors (Lipinski definition) is 3. The number of nitrogens with zero attached hydrogens (tertiary/aromatic N) is 1. The number of carboxylic acid groups (broad SMARTS) is 1. The fourth-order valence-electron chi connectivity index (χ4n) is 2.62. The minimum Gasteiger partial charge on any atom is -0.481 e. The van der Waals surface area contributed by atoms with Crippen molar-refractivity contribution in [3.05, 3.63) is 53.3 Å². The van der Waals surface area contributed by atoms with E-state index in [4.69, 9.17) is 5.11 Å². The van der Waals surface area contributed by atoms with E-state index < -0.39 is 5.97 Å². The molecule has 0 fully saturated rings. The fraction of sp³-hybridized carbons (Fsp3) is 0.294. The first-order valence-electron chi connectivity index (χ1n) is 6.93. The number of benzene rings is 1. The predicted molar refractivity (Wildman–Crippen MR) is 83.2 cm³/mol. The highest BCUT2D eigenvalue weighted by Crippen LogP contribution is 2.28. The summed E-state index contributed by atoms with van der Waals surface area (Å²) in [6.07, 6.45) is 3.59. The lowest BCUT2D eigenvalue weighted by atomic mass is 9.94. The molecule has 1 aromatic carbocycles. The molecule has 1 aromatic heterocycles. The highest BCUT2D eigenvalue weighted by Gasteiger charge is 2.15. The summed E-state index contributed by atoms with van der Waals surface area (Å²) in [5.74, 6) is -0.827. The summed E-state index contributed by atoms with van der Waals surface area (Å²) in [5, 5.41) is 12.0. The number of aryl methyl sites for hydroxylation is 2. The third kappa shape index (κ3) is 3.47. The van der Waals surface area contributed by atoms with Crippen molar-refractivity contribution < 1.29 is 9.90 Å². The summed E-state index contributed by atoms with van der Waals surface area (Å²) >= 11 is 0. The first-order chi connectivity index (χ1) is 10.0. The van der Waals surface area contributed by atoms with Gasteiger partial charge < -0.3 is 10.4 Å². The maximum absolute atomic E-state index is 10.9. The smallest absolute Gasteiger partial charge is 0.305 e. The molecule has 0 aliphatic carbocycles. The van der Waals surface area contributed by atoms with Gasteiger partial charge in [0.2, 0.25) is 0 Å². The van der Waals surface area contributed by atoms with E-state index >= 15 is 0 Å². The van der Waals surface area contributed by atoms with E-state index in [-0.39, 0.29) is 12.5 Å². The Morgan fingerprint density at radius 2 is 1.95 bits per heavy atom. The van der Waals surface area contributed by atoms with Crippen LogP contribution in [0.2, 0.25) is 0 Å². The van der Waals surface area contributed by atoms with E-state index in [1.807, 2.05) is 18.3 Å². The molecule has 2 N–H and O–H groups in total. The molecule has 0 bridgehead atoms. The Morgan fingerprint density at radius 3 is 2.52 bits per heavy atom. The largest absolute Gasteiger partial charge is 0.481 e. The molecule has 2 rings (SSSR count). The van der Waals surface area contributed by atoms with E-state index in [1.165, 1.54) is 11.1 Å². The normalized spacial score (nSPS) is 12.1. The van der Waals surface area contributed by atoms with Crippen LogP contribution in [0.25, 0.3) is 11.1 Å². The van der Waals surface area contributed by atoms with Crippen LogP contribution in [0.5, 0.6) is 0 Å². The van der Waals surface area contributed by atoms with Gasteiger partial charge in [-0.25, -0.2) is 0 Å². The first-order valence-corrected chi connectivity index (χ1v) is 6.93. The number of aromatic nitrogens is 1. The van der Waals surface area contributed by atoms with Gasteiger partial charge >= 0.3 is 5.97 Å². The second kappa shape index (κ2) is 6.50. The topological polar surface area (TPSA) is 62.2 Å². The van der Waals surface area contributed by atoms with Crippen LogP contribution in [0.1, 0.15) is 29.2 Å². The summed E-state index contributed by atoms with van der Waals surface area (Å²) in [6.45, 7) is 4.14. The SMILES string of the molecule is CNC(CC(=O)O)c1cncc(-c2c(C)cccc2C)c1. The van der Waals surface area contributed by atoms with Crippen LogP contribution in [0, 0.1) is 13.8 Å². The summed E-state index contributed by atoms with van der Waals surface area (Å²) in [5.41, 5.74) is 5.45. The average Bonchev–Trinajstić information content (AvgIpc) is 2.44. The zero-order chi connectivity index (χ0) is 15.4. The zero-order valence-corrected chi connectivity index (χ0v) is 12.6. The Labute approximate surface area is 124 Å². The lowest BCUT2D eigenvalue weighted by Crippen LogP contribution is -2.20. The van der Waals surface area contributed by atoms with E-state index in [0.717, 1.165) is 16.7 Å². The number of rotatable bonds is 5. The lowest BCUT2D eigenvalue weighted by Gasteiger charge is -2.16. The molecule has 4 nitrogen and oxygen atoms in total. The van der Waals surface area contributed by atoms with Gasteiger partial charge in [-0.2, -0.15) is 0 Å². The molecule has 4 heteroatoms. The van der Waals surface area contributed by atoms with E-state index in [0.29, 0.717) is 0 Å². The van der Waals surface area contributed by atoms with Gasteiger partial charge in [0, 0.05) is 24.0 Å². The first kappa shape index (κ1) is 15.2. The summed E-state index contributed by atoms with van der Waals surface area (Å²) < 4.78 is 0. The molecule has 0 saturated heterocycles. The molecule has 1 heterocycles. The number of carbonyl (C=O) groups is 1. The van der Waals surface area contributed by atoms with Gasteiger partial charge in [-0.3, -0.25) is 9.78 Å². The van der Waals surface area contributed by atoms with Gasteiger partial charge in [0.25, 0.3) is 0 Å². The van der Waals surface area contributed by atoms with E-state index in [9.17, 15) is 4.79 Å². The van der Waals surface area contributed by atoms with Crippen molar-refractivity contribution in [1.82, 2.24) is 10.3 Å². The Bertz CT molecular complexity index is 633. The third-order valence-corrected chi connectivity index (χ3v) is 3.66. The average molecular weight is 284 g/mol. The molecule has 21 heavy (non-hydrogen) atoms. The second-order valence-electron chi connectivity index (χ2n) is 5.21. The monoisotopic (exact) mass is 284 g/mol. The van der Waals surface area contributed by atoms with E-state index in [2.05, 4.69) is 36.3 Å². The molecule has 0 aliphatic rings. The molecule has 110 valence electrons. The van der Waals surface area contributed by atoms with Crippen LogP contribution >= 0.6 is 0 Å². The van der Waals surface area contributed by atoms with Gasteiger partial charge in [-0.1, -0.05) is 18.2 Å². The van der Waals surface area contributed by atoms with Gasteiger partial charge in [-0.05, 0) is 49.2 Å². The molecule has 0 spiro atoms. The minimum atomic E-state index is -0.827. The Morgan fingerprint density at radius 1 is 1.29 bits per heavy atom. The molecular formula is C17H20N2O2. The molecule has 1 unspecified atom stereocenters. The standard InChI is InChI=1S/C17H20N2O2/c1-11-5-4-6-12(2)17(11)14-7-13(9-19-10-14)15(18-3)8-16(20)21/h4-7,9-10,15,18H,8H2,1-3H3,(H,20,21). The maximum atomic E-state index is 10.9. The van der Waals surface area contributed by atoms with Crippen molar-refractivity contribution in [2.45, 2.75) is 26.3 Å². The predicted octanol–water partition coefficient (Wildman–Crippen LogP) is 3.10. The molecule has 2 aromatic rings. The van der Waals surface area contributed by atoms with Gasteiger partial charge in [0.05, 0.1) is 6.42 Å². The number of pyridine rings is 1. The van der Waals surface area contributed by atoms with Gasteiger partial charge in [-0.15, -0.1) is 0 Å². The Kier molecular flexibility index (Phi) is 4.70. The van der Waals surface area contributed by atoms with Crippen molar-refractivity contribution in [2.75, 3.05) is 7.05 Å². The number of hydrogen-bond donors (Lipinski definition) is 2. The van der Waals surface area contributed by atoms with Crippen LogP contribution < -0.4 is 5.32 Å². The van der Waals surface area contributed by atoms with Crippen LogP contribution in [-0.4, -0.2) is 23.1 Å². The molecule has 0 saturated carbocycles. The lowest BCUT2D eigenvalue weighted by molar-refractivity contribution is -0.137. The van der Waals surface area contributed by atoms with Crippen LogP contribution in [0.3, 0.4) is 0 Å². The van der Waals surface area contributed by atoms with Crippen LogP contribution in [0.15, 0.2) is 36.7 Å². The quantitative estimate of drug-likeness (QED) is 0.885.